The molecule has 0 radical (unpaired) electrons. The first kappa shape index (κ1) is 20.2. The zero-order chi connectivity index (χ0) is 21.1. The average Bonchev–Trinajstić information content (AvgIpc) is 2.77. The number of amides is 1. The van der Waals surface area contributed by atoms with Gasteiger partial charge in [0.25, 0.3) is 11.5 Å². The first-order valence-electron chi connectivity index (χ1n) is 9.57. The van der Waals surface area contributed by atoms with Crippen LogP contribution in [0.1, 0.15) is 27.2 Å². The number of benzene rings is 2. The van der Waals surface area contributed by atoms with E-state index in [0.29, 0.717) is 48.8 Å². The van der Waals surface area contributed by atoms with Crippen LogP contribution in [0, 0.1) is 0 Å². The van der Waals surface area contributed by atoms with E-state index in [0.717, 1.165) is 15.8 Å². The smallest absolute Gasteiger partial charge is 0.255 e. The Morgan fingerprint density at radius 1 is 1.20 bits per heavy atom. The zero-order valence-electron chi connectivity index (χ0n) is 16.4. The SMILES string of the molecule is COc1ccc(CNc2nc3c(c(=O)[nH]2)CCN(C(=O)c2ccc(Br)cc2)C3)cc1. The molecule has 1 aliphatic rings. The van der Waals surface area contributed by atoms with Crippen LogP contribution in [0.5, 0.6) is 5.75 Å². The lowest BCUT2D eigenvalue weighted by molar-refractivity contribution is 0.0731. The van der Waals surface area contributed by atoms with Gasteiger partial charge >= 0.3 is 0 Å². The molecule has 0 spiro atoms. The van der Waals surface area contributed by atoms with Crippen LogP contribution in [0.4, 0.5) is 5.95 Å². The number of anilines is 1. The van der Waals surface area contributed by atoms with Gasteiger partial charge in [0.1, 0.15) is 5.75 Å². The molecule has 0 aliphatic carbocycles. The summed E-state index contributed by atoms with van der Waals surface area (Å²) in [5.74, 6) is 1.12. The summed E-state index contributed by atoms with van der Waals surface area (Å²) in [4.78, 5) is 34.4. The molecule has 8 heteroatoms. The Balaban J connectivity index is 1.49. The molecule has 4 rings (SSSR count). The Bertz CT molecular complexity index is 1110. The molecule has 0 saturated carbocycles. The van der Waals surface area contributed by atoms with Gasteiger partial charge in [-0.1, -0.05) is 28.1 Å². The van der Waals surface area contributed by atoms with Crippen LogP contribution in [0.15, 0.2) is 57.8 Å². The van der Waals surface area contributed by atoms with Crippen molar-refractivity contribution in [1.82, 2.24) is 14.9 Å². The number of nitrogens with one attached hydrogen (secondary N) is 2. The third kappa shape index (κ3) is 4.38. The number of nitrogens with zero attached hydrogens (tertiary/aromatic N) is 2. The number of methoxy groups -OCH3 is 1. The fraction of sp³-hybridized carbons (Fsp3) is 0.227. The molecule has 0 saturated heterocycles. The number of carbonyl (C=O) groups excluding carboxylic acids is 1. The minimum atomic E-state index is -0.159. The largest absolute Gasteiger partial charge is 0.497 e. The fourth-order valence-electron chi connectivity index (χ4n) is 3.40. The van der Waals surface area contributed by atoms with Crippen molar-refractivity contribution in [2.24, 2.45) is 0 Å². The predicted molar refractivity (Wildman–Crippen MR) is 118 cm³/mol. The molecule has 0 fully saturated rings. The lowest BCUT2D eigenvalue weighted by atomic mass is 10.1. The van der Waals surface area contributed by atoms with E-state index in [9.17, 15) is 9.59 Å². The van der Waals surface area contributed by atoms with E-state index in [1.165, 1.54) is 0 Å². The maximum Gasteiger partial charge on any atom is 0.255 e. The molecule has 7 nitrogen and oxygen atoms in total. The summed E-state index contributed by atoms with van der Waals surface area (Å²) in [6.07, 6.45) is 0.485. The van der Waals surface area contributed by atoms with Crippen LogP contribution in [0.2, 0.25) is 0 Å². The van der Waals surface area contributed by atoms with Gasteiger partial charge in [0.15, 0.2) is 0 Å². The molecule has 1 amide bonds. The highest BCUT2D eigenvalue weighted by Crippen LogP contribution is 2.19. The monoisotopic (exact) mass is 468 g/mol. The van der Waals surface area contributed by atoms with E-state index in [2.05, 4.69) is 31.2 Å². The highest BCUT2D eigenvalue weighted by molar-refractivity contribution is 9.10. The Labute approximate surface area is 182 Å². The molecule has 2 N–H and O–H groups in total. The third-order valence-corrected chi connectivity index (χ3v) is 5.60. The van der Waals surface area contributed by atoms with Crippen molar-refractivity contribution >= 4 is 27.8 Å². The van der Waals surface area contributed by atoms with Crippen molar-refractivity contribution in [3.63, 3.8) is 0 Å². The van der Waals surface area contributed by atoms with Gasteiger partial charge in [0, 0.05) is 28.7 Å². The molecule has 1 aliphatic heterocycles. The van der Waals surface area contributed by atoms with E-state index in [4.69, 9.17) is 4.74 Å². The molecule has 0 atom stereocenters. The standard InChI is InChI=1S/C22H21BrN4O3/c1-30-17-8-2-14(3-9-17)12-24-22-25-19-13-27(11-10-18(19)20(28)26-22)21(29)15-4-6-16(23)7-5-15/h2-9H,10-13H2,1H3,(H2,24,25,26,28). The summed E-state index contributed by atoms with van der Waals surface area (Å²) >= 11 is 3.38. The van der Waals surface area contributed by atoms with Gasteiger partial charge in [-0.15, -0.1) is 0 Å². The third-order valence-electron chi connectivity index (χ3n) is 5.07. The van der Waals surface area contributed by atoms with Crippen LogP contribution < -0.4 is 15.6 Å². The van der Waals surface area contributed by atoms with E-state index in [1.807, 2.05) is 36.4 Å². The maximum atomic E-state index is 12.8. The Hall–Kier alpha value is -3.13. The van der Waals surface area contributed by atoms with Crippen molar-refractivity contribution in [2.45, 2.75) is 19.5 Å². The molecule has 0 unspecified atom stereocenters. The van der Waals surface area contributed by atoms with Crippen LogP contribution in [-0.2, 0) is 19.5 Å². The summed E-state index contributed by atoms with van der Waals surface area (Å²) < 4.78 is 6.08. The zero-order valence-corrected chi connectivity index (χ0v) is 18.0. The van der Waals surface area contributed by atoms with Crippen LogP contribution >= 0.6 is 15.9 Å². The number of aromatic amines is 1. The number of aromatic nitrogens is 2. The number of halogens is 1. The quantitative estimate of drug-likeness (QED) is 0.599. The molecule has 2 heterocycles. The highest BCUT2D eigenvalue weighted by Gasteiger charge is 2.25. The molecule has 30 heavy (non-hydrogen) atoms. The first-order valence-corrected chi connectivity index (χ1v) is 10.4. The molecule has 3 aromatic rings. The van der Waals surface area contributed by atoms with Gasteiger partial charge in [0.05, 0.1) is 19.3 Å². The fourth-order valence-corrected chi connectivity index (χ4v) is 3.67. The Morgan fingerprint density at radius 2 is 1.93 bits per heavy atom. The van der Waals surface area contributed by atoms with E-state index in [1.54, 1.807) is 24.1 Å². The lowest BCUT2D eigenvalue weighted by Gasteiger charge is -2.28. The number of carbonyl (C=O) groups is 1. The Kier molecular flexibility index (Phi) is 5.85. The van der Waals surface area contributed by atoms with E-state index in [-0.39, 0.29) is 11.5 Å². The number of fused-ring (bicyclic) bond motifs is 1. The summed E-state index contributed by atoms with van der Waals surface area (Å²) in [6.45, 7) is 1.31. The summed E-state index contributed by atoms with van der Waals surface area (Å²) in [5.41, 5.74) is 2.76. The summed E-state index contributed by atoms with van der Waals surface area (Å²) in [7, 11) is 1.62. The normalized spacial score (nSPS) is 12.9. The number of ether oxygens (including phenoxy) is 1. The number of hydrogen-bond acceptors (Lipinski definition) is 5. The summed E-state index contributed by atoms with van der Waals surface area (Å²) in [5, 5.41) is 3.16. The maximum absolute atomic E-state index is 12.8. The average molecular weight is 469 g/mol. The van der Waals surface area contributed by atoms with Crippen molar-refractivity contribution in [3.05, 3.63) is 85.7 Å². The van der Waals surface area contributed by atoms with Gasteiger partial charge in [-0.2, -0.15) is 0 Å². The Morgan fingerprint density at radius 3 is 2.63 bits per heavy atom. The number of H-pyrrole nitrogens is 1. The van der Waals surface area contributed by atoms with Crippen molar-refractivity contribution in [3.8, 4) is 5.75 Å². The minimum Gasteiger partial charge on any atom is -0.497 e. The van der Waals surface area contributed by atoms with Crippen LogP contribution in [0.3, 0.4) is 0 Å². The van der Waals surface area contributed by atoms with Crippen LogP contribution in [-0.4, -0.2) is 34.4 Å². The predicted octanol–water partition coefficient (Wildman–Crippen LogP) is 3.35. The number of rotatable bonds is 5. The molecule has 2 aromatic carbocycles. The minimum absolute atomic E-state index is 0.0667. The van der Waals surface area contributed by atoms with Gasteiger partial charge in [-0.25, -0.2) is 4.98 Å². The second-order valence-electron chi connectivity index (χ2n) is 7.03. The van der Waals surface area contributed by atoms with E-state index >= 15 is 0 Å². The van der Waals surface area contributed by atoms with Crippen LogP contribution in [0.25, 0.3) is 0 Å². The molecule has 154 valence electrons. The van der Waals surface area contributed by atoms with Gasteiger partial charge in [-0.05, 0) is 48.4 Å². The topological polar surface area (TPSA) is 87.3 Å². The van der Waals surface area contributed by atoms with Gasteiger partial charge in [0.2, 0.25) is 5.95 Å². The number of hydrogen-bond donors (Lipinski definition) is 2. The second kappa shape index (κ2) is 8.71. The molecular weight excluding hydrogens is 448 g/mol. The van der Waals surface area contributed by atoms with Crippen molar-refractivity contribution in [2.75, 3.05) is 19.0 Å². The first-order chi connectivity index (χ1) is 14.5. The summed E-state index contributed by atoms with van der Waals surface area (Å²) in [6, 6.07) is 14.9. The van der Waals surface area contributed by atoms with E-state index < -0.39 is 0 Å². The second-order valence-corrected chi connectivity index (χ2v) is 7.94. The molecular formula is C22H21BrN4O3. The highest BCUT2D eigenvalue weighted by atomic mass is 79.9. The molecule has 1 aromatic heterocycles. The molecule has 0 bridgehead atoms. The van der Waals surface area contributed by atoms with Crippen molar-refractivity contribution in [1.29, 1.82) is 0 Å². The van der Waals surface area contributed by atoms with Gasteiger partial charge < -0.3 is 15.0 Å². The van der Waals surface area contributed by atoms with Gasteiger partial charge in [-0.3, -0.25) is 14.6 Å². The lowest BCUT2D eigenvalue weighted by Crippen LogP contribution is -2.39. The van der Waals surface area contributed by atoms with Crippen molar-refractivity contribution < 1.29 is 9.53 Å².